The van der Waals surface area contributed by atoms with Crippen molar-refractivity contribution in [3.05, 3.63) is 30.3 Å². The third-order valence-corrected chi connectivity index (χ3v) is 1.93. The van der Waals surface area contributed by atoms with Crippen LogP contribution in [0.25, 0.3) is 0 Å². The molecule has 0 saturated carbocycles. The summed E-state index contributed by atoms with van der Waals surface area (Å²) in [5.41, 5.74) is 0. The first kappa shape index (κ1) is 10.2. The quantitative estimate of drug-likeness (QED) is 0.772. The molecule has 0 aliphatic carbocycles. The monoisotopic (exact) mass is 222 g/mol. The van der Waals surface area contributed by atoms with Crippen LogP contribution in [0.1, 0.15) is 10.6 Å². The molecule has 0 unspecified atom stereocenters. The zero-order chi connectivity index (χ0) is 11.4. The Hall–Kier alpha value is -2.31. The fraction of sp³-hybridized carbons (Fsp3) is 0.222. The highest BCUT2D eigenvalue weighted by Gasteiger charge is 2.07. The van der Waals surface area contributed by atoms with Crippen LogP contribution < -0.4 is 5.32 Å². The fourth-order valence-electron chi connectivity index (χ4n) is 1.19. The van der Waals surface area contributed by atoms with Crippen LogP contribution in [-0.2, 0) is 6.54 Å². The molecule has 0 bridgehead atoms. The van der Waals surface area contributed by atoms with Gasteiger partial charge in [-0.05, 0) is 6.07 Å². The molecule has 0 aliphatic heterocycles. The van der Waals surface area contributed by atoms with Crippen LogP contribution in [0.5, 0.6) is 0 Å². The molecule has 0 radical (unpaired) electrons. The second-order valence-corrected chi connectivity index (χ2v) is 3.06. The molecule has 0 saturated heterocycles. The first-order valence-electron chi connectivity index (χ1n) is 4.67. The van der Waals surface area contributed by atoms with E-state index in [-0.39, 0.29) is 5.76 Å². The standard InChI is InChI=1S/C9H10N4O3/c14-9(15)7-1-2-8(16-7)10-3-5-13-6-4-11-12-13/h1-2,4,6,10H,3,5H2,(H,14,15). The molecule has 2 rings (SSSR count). The molecule has 16 heavy (non-hydrogen) atoms. The van der Waals surface area contributed by atoms with Gasteiger partial charge in [0.05, 0.1) is 12.7 Å². The van der Waals surface area contributed by atoms with Crippen LogP contribution in [0.4, 0.5) is 5.88 Å². The van der Waals surface area contributed by atoms with Crippen LogP contribution in [-0.4, -0.2) is 32.6 Å². The van der Waals surface area contributed by atoms with Gasteiger partial charge in [0.15, 0.2) is 5.88 Å². The van der Waals surface area contributed by atoms with Crippen LogP contribution in [0.3, 0.4) is 0 Å². The number of furan rings is 1. The van der Waals surface area contributed by atoms with Crippen molar-refractivity contribution in [2.45, 2.75) is 6.54 Å². The van der Waals surface area contributed by atoms with E-state index < -0.39 is 5.97 Å². The van der Waals surface area contributed by atoms with Crippen molar-refractivity contribution in [3.8, 4) is 0 Å². The molecule has 2 aromatic heterocycles. The molecule has 84 valence electrons. The van der Waals surface area contributed by atoms with Crippen molar-refractivity contribution in [2.75, 3.05) is 11.9 Å². The lowest BCUT2D eigenvalue weighted by Crippen LogP contribution is -2.10. The molecule has 0 atom stereocenters. The third kappa shape index (κ3) is 2.38. The second kappa shape index (κ2) is 4.47. The number of nitrogens with one attached hydrogen (secondary N) is 1. The highest BCUT2D eigenvalue weighted by molar-refractivity contribution is 5.84. The lowest BCUT2D eigenvalue weighted by molar-refractivity contribution is 0.0663. The number of aromatic nitrogens is 3. The van der Waals surface area contributed by atoms with E-state index in [2.05, 4.69) is 15.6 Å². The normalized spacial score (nSPS) is 10.2. The molecule has 2 heterocycles. The molecule has 0 amide bonds. The summed E-state index contributed by atoms with van der Waals surface area (Å²) in [4.78, 5) is 10.5. The van der Waals surface area contributed by atoms with Crippen molar-refractivity contribution in [1.29, 1.82) is 0 Å². The van der Waals surface area contributed by atoms with Gasteiger partial charge in [-0.3, -0.25) is 4.68 Å². The summed E-state index contributed by atoms with van der Waals surface area (Å²) in [7, 11) is 0. The zero-order valence-electron chi connectivity index (χ0n) is 8.33. The summed E-state index contributed by atoms with van der Waals surface area (Å²) in [6.45, 7) is 1.21. The maximum Gasteiger partial charge on any atom is 0.371 e. The Morgan fingerprint density at radius 1 is 1.56 bits per heavy atom. The van der Waals surface area contributed by atoms with Crippen LogP contribution >= 0.6 is 0 Å². The molecular weight excluding hydrogens is 212 g/mol. The van der Waals surface area contributed by atoms with E-state index in [1.54, 1.807) is 23.1 Å². The predicted octanol–water partition coefficient (Wildman–Crippen LogP) is 0.681. The minimum Gasteiger partial charge on any atom is -0.475 e. The van der Waals surface area contributed by atoms with E-state index in [0.29, 0.717) is 19.0 Å². The number of rotatable bonds is 5. The number of anilines is 1. The average Bonchev–Trinajstić information content (AvgIpc) is 2.87. The SMILES string of the molecule is O=C(O)c1ccc(NCCn2ccnn2)o1. The Balaban J connectivity index is 1.83. The van der Waals surface area contributed by atoms with Gasteiger partial charge in [0, 0.05) is 18.8 Å². The maximum atomic E-state index is 10.5. The molecule has 0 fully saturated rings. The second-order valence-electron chi connectivity index (χ2n) is 3.06. The van der Waals surface area contributed by atoms with Gasteiger partial charge in [-0.15, -0.1) is 5.10 Å². The van der Waals surface area contributed by atoms with Gasteiger partial charge < -0.3 is 14.8 Å². The number of carbonyl (C=O) groups is 1. The first-order valence-corrected chi connectivity index (χ1v) is 4.67. The number of nitrogens with zero attached hydrogens (tertiary/aromatic N) is 3. The van der Waals surface area contributed by atoms with Crippen LogP contribution in [0.15, 0.2) is 28.9 Å². The summed E-state index contributed by atoms with van der Waals surface area (Å²) in [5, 5.41) is 19.0. The first-order chi connectivity index (χ1) is 7.75. The van der Waals surface area contributed by atoms with Gasteiger partial charge in [-0.2, -0.15) is 0 Å². The Bertz CT molecular complexity index is 463. The molecule has 7 nitrogen and oxygen atoms in total. The van der Waals surface area contributed by atoms with E-state index in [0.717, 1.165) is 0 Å². The van der Waals surface area contributed by atoms with Gasteiger partial charge in [0.2, 0.25) is 5.76 Å². The lowest BCUT2D eigenvalue weighted by Gasteiger charge is -2.01. The number of carboxylic acids is 1. The minimum absolute atomic E-state index is 0.0803. The molecule has 0 spiro atoms. The number of hydrogen-bond donors (Lipinski definition) is 2. The highest BCUT2D eigenvalue weighted by Crippen LogP contribution is 2.12. The lowest BCUT2D eigenvalue weighted by atomic mass is 10.4. The Labute approximate surface area is 90.7 Å². The molecule has 2 N–H and O–H groups in total. The van der Waals surface area contributed by atoms with Gasteiger partial charge in [0.25, 0.3) is 0 Å². The number of aromatic carboxylic acids is 1. The van der Waals surface area contributed by atoms with Gasteiger partial charge in [-0.25, -0.2) is 4.79 Å². The third-order valence-electron chi connectivity index (χ3n) is 1.93. The molecular formula is C9H10N4O3. The Morgan fingerprint density at radius 2 is 2.44 bits per heavy atom. The Kier molecular flexibility index (Phi) is 2.86. The van der Waals surface area contributed by atoms with E-state index in [4.69, 9.17) is 9.52 Å². The minimum atomic E-state index is -1.08. The number of carboxylic acid groups (broad SMARTS) is 1. The van der Waals surface area contributed by atoms with Crippen LogP contribution in [0, 0.1) is 0 Å². The number of hydrogen-bond acceptors (Lipinski definition) is 5. The predicted molar refractivity (Wildman–Crippen MR) is 54.2 cm³/mol. The van der Waals surface area contributed by atoms with Gasteiger partial charge >= 0.3 is 5.97 Å². The average molecular weight is 222 g/mol. The van der Waals surface area contributed by atoms with E-state index in [1.807, 2.05) is 0 Å². The van der Waals surface area contributed by atoms with Crippen molar-refractivity contribution >= 4 is 11.9 Å². The van der Waals surface area contributed by atoms with Gasteiger partial charge in [-0.1, -0.05) is 5.21 Å². The van der Waals surface area contributed by atoms with Crippen molar-refractivity contribution in [2.24, 2.45) is 0 Å². The molecule has 0 aromatic carbocycles. The largest absolute Gasteiger partial charge is 0.475 e. The Morgan fingerprint density at radius 3 is 3.06 bits per heavy atom. The summed E-state index contributed by atoms with van der Waals surface area (Å²) in [5.74, 6) is -0.731. The smallest absolute Gasteiger partial charge is 0.371 e. The van der Waals surface area contributed by atoms with Crippen LogP contribution in [0.2, 0.25) is 0 Å². The zero-order valence-corrected chi connectivity index (χ0v) is 8.33. The van der Waals surface area contributed by atoms with E-state index in [9.17, 15) is 4.79 Å². The summed E-state index contributed by atoms with van der Waals surface area (Å²) in [6, 6.07) is 2.98. The van der Waals surface area contributed by atoms with Crippen molar-refractivity contribution in [3.63, 3.8) is 0 Å². The van der Waals surface area contributed by atoms with E-state index in [1.165, 1.54) is 6.07 Å². The summed E-state index contributed by atoms with van der Waals surface area (Å²) in [6.07, 6.45) is 3.34. The highest BCUT2D eigenvalue weighted by atomic mass is 16.4. The maximum absolute atomic E-state index is 10.5. The topological polar surface area (TPSA) is 93.2 Å². The fourth-order valence-corrected chi connectivity index (χ4v) is 1.19. The summed E-state index contributed by atoms with van der Waals surface area (Å²) < 4.78 is 6.67. The molecule has 2 aromatic rings. The van der Waals surface area contributed by atoms with E-state index >= 15 is 0 Å². The molecule has 0 aliphatic rings. The van der Waals surface area contributed by atoms with Crippen molar-refractivity contribution < 1.29 is 14.3 Å². The van der Waals surface area contributed by atoms with Gasteiger partial charge in [0.1, 0.15) is 0 Å². The van der Waals surface area contributed by atoms with Crippen molar-refractivity contribution in [1.82, 2.24) is 15.0 Å². The molecule has 7 heteroatoms. The summed E-state index contributed by atoms with van der Waals surface area (Å²) >= 11 is 0.